The zero-order chi connectivity index (χ0) is 29.8. The number of esters is 3. The van der Waals surface area contributed by atoms with Crippen molar-refractivity contribution in [2.24, 2.45) is 0 Å². The molecule has 0 bridgehead atoms. The first-order valence-corrected chi connectivity index (χ1v) is 15.4. The zero-order valence-corrected chi connectivity index (χ0v) is 24.7. The molecule has 0 aromatic carbocycles. The van der Waals surface area contributed by atoms with Gasteiger partial charge in [-0.05, 0) is 19.3 Å². The highest BCUT2D eigenvalue weighted by Crippen LogP contribution is 2.15. The van der Waals surface area contributed by atoms with Crippen LogP contribution in [0.3, 0.4) is 0 Å². The Morgan fingerprint density at radius 1 is 0.575 bits per heavy atom. The van der Waals surface area contributed by atoms with Gasteiger partial charge in [-0.25, -0.2) is 4.79 Å². The smallest absolute Gasteiger partial charge is 0.347 e. The molecule has 0 rings (SSSR count). The Morgan fingerprint density at radius 2 is 1.00 bits per heavy atom. The van der Waals surface area contributed by atoms with Crippen LogP contribution in [0.5, 0.6) is 0 Å². The Balaban J connectivity index is 4.12. The van der Waals surface area contributed by atoms with Gasteiger partial charge in [-0.1, -0.05) is 96.8 Å². The third-order valence-electron chi connectivity index (χ3n) is 6.64. The molecule has 0 heterocycles. The van der Waals surface area contributed by atoms with Crippen molar-refractivity contribution in [3.8, 4) is 0 Å². The van der Waals surface area contributed by atoms with Crippen LogP contribution >= 0.6 is 0 Å². The van der Waals surface area contributed by atoms with Crippen molar-refractivity contribution in [1.82, 2.24) is 0 Å². The summed E-state index contributed by atoms with van der Waals surface area (Å²) in [4.78, 5) is 36.5. The Bertz CT molecular complexity index is 628. The van der Waals surface area contributed by atoms with Crippen LogP contribution in [0.15, 0.2) is 0 Å². The van der Waals surface area contributed by atoms with Crippen LogP contribution in [-0.2, 0) is 28.6 Å². The van der Waals surface area contributed by atoms with E-state index in [9.17, 15) is 24.6 Å². The minimum atomic E-state index is -1.24. The average Bonchev–Trinajstić information content (AvgIpc) is 2.95. The summed E-state index contributed by atoms with van der Waals surface area (Å²) in [5.74, 6) is -2.02. The summed E-state index contributed by atoms with van der Waals surface area (Å²) >= 11 is 0. The SMILES string of the molecule is CCCCCCCCCCCCCCCCCC(=O)OC(CCCC(=O)OCC(O)CO)C(=O)OCC(O)CO. The molecule has 3 unspecified atom stereocenters. The molecule has 10 heteroatoms. The monoisotopic (exact) mass is 576 g/mol. The van der Waals surface area contributed by atoms with Crippen molar-refractivity contribution >= 4 is 17.9 Å². The van der Waals surface area contributed by atoms with E-state index in [-0.39, 0.29) is 32.3 Å². The van der Waals surface area contributed by atoms with E-state index in [4.69, 9.17) is 24.4 Å². The molecule has 0 aromatic heterocycles. The summed E-state index contributed by atoms with van der Waals surface area (Å²) in [7, 11) is 0. The fourth-order valence-corrected chi connectivity index (χ4v) is 4.15. The molecule has 0 aliphatic carbocycles. The van der Waals surface area contributed by atoms with Crippen LogP contribution in [0, 0.1) is 0 Å². The Labute approximate surface area is 240 Å². The van der Waals surface area contributed by atoms with E-state index < -0.39 is 56.0 Å². The molecular weight excluding hydrogens is 520 g/mol. The summed E-state index contributed by atoms with van der Waals surface area (Å²) < 4.78 is 15.1. The van der Waals surface area contributed by atoms with Crippen molar-refractivity contribution < 1.29 is 49.0 Å². The second-order valence-electron chi connectivity index (χ2n) is 10.6. The van der Waals surface area contributed by atoms with Crippen molar-refractivity contribution in [2.75, 3.05) is 26.4 Å². The van der Waals surface area contributed by atoms with Crippen molar-refractivity contribution in [3.63, 3.8) is 0 Å². The van der Waals surface area contributed by atoms with Gasteiger partial charge in [0.05, 0.1) is 13.2 Å². The van der Waals surface area contributed by atoms with Gasteiger partial charge >= 0.3 is 17.9 Å². The molecule has 3 atom stereocenters. The number of ether oxygens (including phenoxy) is 3. The van der Waals surface area contributed by atoms with Gasteiger partial charge in [0.15, 0.2) is 6.10 Å². The molecule has 40 heavy (non-hydrogen) atoms. The van der Waals surface area contributed by atoms with Gasteiger partial charge in [0, 0.05) is 12.8 Å². The molecule has 4 N–H and O–H groups in total. The number of aliphatic hydroxyl groups excluding tert-OH is 4. The van der Waals surface area contributed by atoms with Crippen LogP contribution in [0.4, 0.5) is 0 Å². The topological polar surface area (TPSA) is 160 Å². The van der Waals surface area contributed by atoms with Crippen LogP contribution in [0.1, 0.15) is 129 Å². The molecule has 0 saturated heterocycles. The van der Waals surface area contributed by atoms with E-state index in [0.29, 0.717) is 6.42 Å². The number of hydrogen-bond donors (Lipinski definition) is 4. The van der Waals surface area contributed by atoms with Gasteiger partial charge in [-0.2, -0.15) is 0 Å². The highest BCUT2D eigenvalue weighted by Gasteiger charge is 2.25. The van der Waals surface area contributed by atoms with Gasteiger partial charge in [0.1, 0.15) is 25.4 Å². The number of aliphatic hydroxyl groups is 4. The third-order valence-corrected chi connectivity index (χ3v) is 6.64. The summed E-state index contributed by atoms with van der Waals surface area (Å²) in [5, 5.41) is 36.3. The number of carbonyl (C=O) groups is 3. The van der Waals surface area contributed by atoms with Crippen LogP contribution in [0.25, 0.3) is 0 Å². The van der Waals surface area contributed by atoms with E-state index in [2.05, 4.69) is 6.92 Å². The molecule has 236 valence electrons. The van der Waals surface area contributed by atoms with E-state index >= 15 is 0 Å². The first kappa shape index (κ1) is 38.2. The van der Waals surface area contributed by atoms with E-state index in [0.717, 1.165) is 19.3 Å². The maximum absolute atomic E-state index is 12.4. The third kappa shape index (κ3) is 24.1. The summed E-state index contributed by atoms with van der Waals surface area (Å²) in [6.07, 6.45) is 14.8. The number of rotatable bonds is 28. The quantitative estimate of drug-likeness (QED) is 0.0606. The van der Waals surface area contributed by atoms with Crippen molar-refractivity contribution in [1.29, 1.82) is 0 Å². The molecule has 0 saturated carbocycles. The largest absolute Gasteiger partial charge is 0.463 e. The number of unbranched alkanes of at least 4 members (excludes halogenated alkanes) is 14. The Morgan fingerprint density at radius 3 is 1.48 bits per heavy atom. The summed E-state index contributed by atoms with van der Waals surface area (Å²) in [6.45, 7) is 0.350. The average molecular weight is 577 g/mol. The highest BCUT2D eigenvalue weighted by molar-refractivity contribution is 5.79. The minimum absolute atomic E-state index is 0.0102. The standard InChI is InChI=1S/C30H56O10/c1-2-3-4-5-6-7-8-9-10-11-12-13-14-15-16-19-29(36)40-27(30(37)39-24-26(34)22-32)18-17-20-28(35)38-23-25(33)21-31/h25-27,31-34H,2-24H2,1H3. The van der Waals surface area contributed by atoms with Crippen LogP contribution in [0.2, 0.25) is 0 Å². The van der Waals surface area contributed by atoms with Gasteiger partial charge in [-0.15, -0.1) is 0 Å². The van der Waals surface area contributed by atoms with Crippen LogP contribution in [-0.4, -0.2) is 83.1 Å². The fraction of sp³-hybridized carbons (Fsp3) is 0.900. The number of carbonyl (C=O) groups excluding carboxylic acids is 3. The predicted octanol–water partition coefficient (Wildman–Crippen LogP) is 4.12. The lowest BCUT2D eigenvalue weighted by Gasteiger charge is -2.18. The van der Waals surface area contributed by atoms with Gasteiger partial charge in [0.25, 0.3) is 0 Å². The molecule has 10 nitrogen and oxygen atoms in total. The lowest BCUT2D eigenvalue weighted by molar-refractivity contribution is -0.170. The summed E-state index contributed by atoms with van der Waals surface area (Å²) in [5.41, 5.74) is 0. The maximum atomic E-state index is 12.4. The van der Waals surface area contributed by atoms with Crippen molar-refractivity contribution in [2.45, 2.75) is 147 Å². The second-order valence-corrected chi connectivity index (χ2v) is 10.6. The minimum Gasteiger partial charge on any atom is -0.463 e. The Hall–Kier alpha value is -1.75. The molecular formula is C30H56O10. The molecule has 0 amide bonds. The van der Waals surface area contributed by atoms with Gasteiger partial charge < -0.3 is 34.6 Å². The first-order chi connectivity index (χ1) is 19.3. The molecule has 0 fully saturated rings. The maximum Gasteiger partial charge on any atom is 0.347 e. The lowest BCUT2D eigenvalue weighted by Crippen LogP contribution is -2.32. The van der Waals surface area contributed by atoms with Crippen LogP contribution < -0.4 is 0 Å². The first-order valence-electron chi connectivity index (χ1n) is 15.4. The second kappa shape index (κ2) is 27.4. The van der Waals surface area contributed by atoms with Gasteiger partial charge in [-0.3, -0.25) is 9.59 Å². The van der Waals surface area contributed by atoms with E-state index in [1.807, 2.05) is 0 Å². The predicted molar refractivity (Wildman–Crippen MR) is 151 cm³/mol. The fourth-order valence-electron chi connectivity index (χ4n) is 4.15. The molecule has 0 aliphatic heterocycles. The summed E-state index contributed by atoms with van der Waals surface area (Å²) in [6, 6.07) is 0. The number of hydrogen-bond acceptors (Lipinski definition) is 10. The van der Waals surface area contributed by atoms with E-state index in [1.165, 1.54) is 70.6 Å². The Kier molecular flexibility index (Phi) is 26.2. The van der Waals surface area contributed by atoms with Crippen molar-refractivity contribution in [3.05, 3.63) is 0 Å². The normalized spacial score (nSPS) is 13.4. The molecule has 0 spiro atoms. The molecule has 0 radical (unpaired) electrons. The molecule has 0 aromatic rings. The van der Waals surface area contributed by atoms with E-state index in [1.54, 1.807) is 0 Å². The molecule has 0 aliphatic rings. The zero-order valence-electron chi connectivity index (χ0n) is 24.7. The lowest BCUT2D eigenvalue weighted by atomic mass is 10.0. The van der Waals surface area contributed by atoms with Gasteiger partial charge in [0.2, 0.25) is 0 Å². The highest BCUT2D eigenvalue weighted by atomic mass is 16.6.